The number of aliphatic hydroxyl groups is 1. The molecule has 0 aliphatic rings. The quantitative estimate of drug-likeness (QED) is 0.0362. The smallest absolute Gasteiger partial charge is 0.220 e. The summed E-state index contributed by atoms with van der Waals surface area (Å²) in [5.41, 5.74) is 0. The minimum absolute atomic E-state index is 0.0742. The molecule has 422 valence electrons. The van der Waals surface area contributed by atoms with Crippen LogP contribution in [0.3, 0.4) is 0 Å². The Kier molecular flexibility index (Phi) is 46.1. The van der Waals surface area contributed by atoms with E-state index in [0.717, 1.165) is 25.7 Å². The van der Waals surface area contributed by atoms with Crippen LogP contribution in [0.25, 0.3) is 0 Å². The van der Waals surface area contributed by atoms with E-state index < -0.39 is 16.6 Å². The molecule has 2 atom stereocenters. The first-order valence-corrected chi connectivity index (χ1v) is 37.3. The van der Waals surface area contributed by atoms with Crippen LogP contribution < -0.4 is 5.32 Å². The summed E-state index contributed by atoms with van der Waals surface area (Å²) < 4.78 is 14.0. The summed E-state index contributed by atoms with van der Waals surface area (Å²) in [6, 6.07) is -0.196. The van der Waals surface area contributed by atoms with Crippen molar-refractivity contribution in [3.05, 3.63) is 24.3 Å². The lowest BCUT2D eigenvalue weighted by Gasteiger charge is -2.42. The number of unbranched alkanes of at least 4 members (excludes halogenated alkanes) is 38. The normalized spacial score (nSPS) is 13.8. The number of rotatable bonds is 52. The second-order valence-corrected chi connectivity index (χ2v) is 35.0. The van der Waals surface area contributed by atoms with Gasteiger partial charge < -0.3 is 19.3 Å². The Morgan fingerprint density at radius 2 is 0.761 bits per heavy atom. The predicted molar refractivity (Wildman–Crippen MR) is 322 cm³/mol. The summed E-state index contributed by atoms with van der Waals surface area (Å²) in [4.78, 5) is 13.7. The molecule has 0 bridgehead atoms. The Labute approximate surface area is 448 Å². The van der Waals surface area contributed by atoms with E-state index in [1.165, 1.54) is 238 Å². The van der Waals surface area contributed by atoms with Crippen LogP contribution in [0.1, 0.15) is 318 Å². The zero-order valence-corrected chi connectivity index (χ0v) is 52.2. The molecular weight excluding hydrogens is 903 g/mol. The molecule has 0 saturated heterocycles. The SMILES string of the molecule is CCCCCCCCCCCCC/C=C/[C@@H](O[Si](C)(C)C(C)(C)C)[C@H](CO[Si](C)(C)C(C)(C)C)NC(=O)CCCCCCCCCCCCCCCCCCCCCCC/C=C\CCCCCCCCO. The van der Waals surface area contributed by atoms with Crippen molar-refractivity contribution < 1.29 is 18.8 Å². The van der Waals surface area contributed by atoms with Gasteiger partial charge in [-0.2, -0.15) is 0 Å². The number of hydrogen-bond acceptors (Lipinski definition) is 4. The van der Waals surface area contributed by atoms with Crippen molar-refractivity contribution in [1.82, 2.24) is 5.32 Å². The summed E-state index contributed by atoms with van der Waals surface area (Å²) >= 11 is 0. The van der Waals surface area contributed by atoms with Gasteiger partial charge >= 0.3 is 0 Å². The van der Waals surface area contributed by atoms with Gasteiger partial charge in [0.05, 0.1) is 18.8 Å². The van der Waals surface area contributed by atoms with Gasteiger partial charge in [-0.15, -0.1) is 0 Å². The average Bonchev–Trinajstić information content (AvgIpc) is 3.31. The molecule has 1 amide bonds. The second-order valence-electron chi connectivity index (χ2n) is 25.4. The van der Waals surface area contributed by atoms with Crippen LogP contribution in [-0.4, -0.2) is 53.0 Å². The number of amides is 1. The van der Waals surface area contributed by atoms with E-state index in [9.17, 15) is 4.79 Å². The first-order chi connectivity index (χ1) is 34.0. The Balaban J connectivity index is 4.39. The minimum Gasteiger partial charge on any atom is -0.415 e. The van der Waals surface area contributed by atoms with Crippen molar-refractivity contribution >= 4 is 22.5 Å². The zero-order valence-electron chi connectivity index (χ0n) is 50.2. The number of allylic oxidation sites excluding steroid dienone is 3. The van der Waals surface area contributed by atoms with Gasteiger partial charge in [-0.25, -0.2) is 0 Å². The summed E-state index contributed by atoms with van der Waals surface area (Å²) in [5.74, 6) is 0.150. The van der Waals surface area contributed by atoms with Gasteiger partial charge in [0.15, 0.2) is 16.6 Å². The van der Waals surface area contributed by atoms with E-state index in [2.05, 4.69) is 104 Å². The third kappa shape index (κ3) is 43.1. The highest BCUT2D eigenvalue weighted by Gasteiger charge is 2.42. The molecule has 0 aromatic carbocycles. The number of hydrogen-bond donors (Lipinski definition) is 2. The zero-order chi connectivity index (χ0) is 52.8. The van der Waals surface area contributed by atoms with Gasteiger partial charge in [0.25, 0.3) is 0 Å². The van der Waals surface area contributed by atoms with Gasteiger partial charge in [0.2, 0.25) is 5.91 Å². The van der Waals surface area contributed by atoms with Crippen LogP contribution in [0, 0.1) is 0 Å². The van der Waals surface area contributed by atoms with Crippen LogP contribution in [0.2, 0.25) is 36.3 Å². The van der Waals surface area contributed by atoms with Gasteiger partial charge in [0.1, 0.15) is 0 Å². The second kappa shape index (κ2) is 46.6. The topological polar surface area (TPSA) is 67.8 Å². The summed E-state index contributed by atoms with van der Waals surface area (Å²) in [6.07, 6.45) is 64.4. The fourth-order valence-electron chi connectivity index (χ4n) is 9.16. The number of nitrogens with one attached hydrogen (secondary N) is 1. The molecule has 0 unspecified atom stereocenters. The largest absolute Gasteiger partial charge is 0.415 e. The van der Waals surface area contributed by atoms with Gasteiger partial charge in [0, 0.05) is 13.0 Å². The Morgan fingerprint density at radius 1 is 0.451 bits per heavy atom. The van der Waals surface area contributed by atoms with Crippen LogP contribution >= 0.6 is 0 Å². The van der Waals surface area contributed by atoms with Crippen molar-refractivity contribution in [2.24, 2.45) is 0 Å². The van der Waals surface area contributed by atoms with Crippen molar-refractivity contribution in [2.75, 3.05) is 13.2 Å². The Hall–Kier alpha value is -0.736. The molecule has 0 radical (unpaired) electrons. The van der Waals surface area contributed by atoms with Gasteiger partial charge in [-0.1, -0.05) is 285 Å². The third-order valence-corrected chi connectivity index (χ3v) is 25.4. The molecule has 0 rings (SSSR count). The fraction of sp³-hybridized carbons (Fsp3) is 0.922. The molecule has 7 heteroatoms. The lowest BCUT2D eigenvalue weighted by Crippen LogP contribution is -2.54. The fourth-order valence-corrected chi connectivity index (χ4v) is 11.5. The summed E-state index contributed by atoms with van der Waals surface area (Å²) in [7, 11) is -4.16. The lowest BCUT2D eigenvalue weighted by molar-refractivity contribution is -0.122. The van der Waals surface area contributed by atoms with E-state index in [0.29, 0.717) is 19.6 Å². The first-order valence-electron chi connectivity index (χ1n) is 31.5. The molecule has 5 nitrogen and oxygen atoms in total. The van der Waals surface area contributed by atoms with Crippen LogP contribution in [0.5, 0.6) is 0 Å². The van der Waals surface area contributed by atoms with E-state index in [1.807, 2.05) is 0 Å². The molecule has 71 heavy (non-hydrogen) atoms. The van der Waals surface area contributed by atoms with E-state index >= 15 is 0 Å². The maximum absolute atomic E-state index is 13.7. The molecule has 0 aromatic heterocycles. The van der Waals surface area contributed by atoms with E-state index in [-0.39, 0.29) is 28.1 Å². The minimum atomic E-state index is -2.13. The maximum atomic E-state index is 13.7. The standard InChI is InChI=1S/C64H129NO4Si2/c1-12-13-14-15-16-17-18-38-41-44-47-50-53-56-61(69-71(10,11)64(5,6)7)60(59-68-70(8,9)63(2,3)4)65-62(67)57-54-51-48-45-42-39-36-34-32-30-28-26-24-22-20-19-21-23-25-27-29-31-33-35-37-40-43-46-49-52-55-58-66/h33,35,53,56,60-61,66H,12-32,34,36-52,54-55,57-59H2,1-11H3,(H,65,67)/b35-33-,56-53+/t60-,61+/m0/s1. The third-order valence-electron chi connectivity index (χ3n) is 16.4. The van der Waals surface area contributed by atoms with Crippen molar-refractivity contribution in [3.63, 3.8) is 0 Å². The lowest BCUT2D eigenvalue weighted by atomic mass is 10.0. The van der Waals surface area contributed by atoms with E-state index in [1.54, 1.807) is 0 Å². The molecule has 0 aliphatic carbocycles. The van der Waals surface area contributed by atoms with Crippen LogP contribution in [-0.2, 0) is 13.6 Å². The molecule has 0 fully saturated rings. The highest BCUT2D eigenvalue weighted by Crippen LogP contribution is 2.39. The Bertz CT molecular complexity index is 1220. The number of carbonyl (C=O) groups is 1. The van der Waals surface area contributed by atoms with Crippen LogP contribution in [0.4, 0.5) is 0 Å². The monoisotopic (exact) mass is 1030 g/mol. The molecule has 0 saturated carbocycles. The molecule has 0 aromatic rings. The predicted octanol–water partition coefficient (Wildman–Crippen LogP) is 21.4. The van der Waals surface area contributed by atoms with Crippen molar-refractivity contribution in [1.29, 1.82) is 0 Å². The maximum Gasteiger partial charge on any atom is 0.220 e. The average molecular weight is 1030 g/mol. The Morgan fingerprint density at radius 3 is 1.10 bits per heavy atom. The molecule has 0 aliphatic heterocycles. The van der Waals surface area contributed by atoms with Crippen molar-refractivity contribution in [2.45, 2.75) is 367 Å². The number of aliphatic hydroxyl groups excluding tert-OH is 1. The van der Waals surface area contributed by atoms with Crippen molar-refractivity contribution in [3.8, 4) is 0 Å². The van der Waals surface area contributed by atoms with Crippen LogP contribution in [0.15, 0.2) is 24.3 Å². The first kappa shape index (κ1) is 70.3. The highest BCUT2D eigenvalue weighted by molar-refractivity contribution is 6.74. The number of carbonyl (C=O) groups excluding carboxylic acids is 1. The molecule has 0 heterocycles. The molecular formula is C64H129NO4Si2. The van der Waals surface area contributed by atoms with Gasteiger partial charge in [-0.05, 0) is 87.6 Å². The van der Waals surface area contributed by atoms with E-state index in [4.69, 9.17) is 14.0 Å². The van der Waals surface area contributed by atoms with Gasteiger partial charge in [-0.3, -0.25) is 4.79 Å². The molecule has 2 N–H and O–H groups in total. The molecule has 0 spiro atoms. The summed E-state index contributed by atoms with van der Waals surface area (Å²) in [5, 5.41) is 12.5. The highest BCUT2D eigenvalue weighted by atomic mass is 28.4. The summed E-state index contributed by atoms with van der Waals surface area (Å²) in [6.45, 7) is 26.3.